The summed E-state index contributed by atoms with van der Waals surface area (Å²) < 4.78 is 6.56. The van der Waals surface area contributed by atoms with Crippen LogP contribution >= 0.6 is 0 Å². The summed E-state index contributed by atoms with van der Waals surface area (Å²) in [7, 11) is 0. The summed E-state index contributed by atoms with van der Waals surface area (Å²) in [4.78, 5) is 23.8. The minimum Gasteiger partial charge on any atom is -0.466 e. The van der Waals surface area contributed by atoms with Gasteiger partial charge < -0.3 is 4.74 Å². The van der Waals surface area contributed by atoms with E-state index in [1.807, 2.05) is 0 Å². The molecule has 0 aliphatic rings. The Morgan fingerprint density at radius 2 is 2.47 bits per heavy atom. The highest BCUT2D eigenvalue weighted by atomic mass is 16.5. The average molecular weight is 212 g/mol. The first-order valence-corrected chi connectivity index (χ1v) is 4.82. The zero-order valence-electron chi connectivity index (χ0n) is 8.60. The van der Waals surface area contributed by atoms with Crippen molar-refractivity contribution in [3.05, 3.63) is 17.4 Å². The number of imidazole rings is 1. The maximum Gasteiger partial charge on any atom is 0.305 e. The summed E-state index contributed by atoms with van der Waals surface area (Å²) in [5.41, 5.74) is 0. The van der Waals surface area contributed by atoms with E-state index in [1.165, 1.54) is 0 Å². The summed E-state index contributed by atoms with van der Waals surface area (Å²) in [5, 5.41) is 2.75. The smallest absolute Gasteiger partial charge is 0.305 e. The van der Waals surface area contributed by atoms with E-state index in [9.17, 15) is 9.70 Å². The second-order valence-corrected chi connectivity index (χ2v) is 3.03. The van der Waals surface area contributed by atoms with Crippen LogP contribution in [0.1, 0.15) is 19.8 Å². The molecule has 0 unspecified atom stereocenters. The number of hydrogen-bond acceptors (Lipinski definition) is 4. The van der Waals surface area contributed by atoms with Crippen LogP contribution in [0.2, 0.25) is 0 Å². The molecule has 15 heavy (non-hydrogen) atoms. The van der Waals surface area contributed by atoms with Gasteiger partial charge in [0.15, 0.2) is 6.20 Å². The minimum atomic E-state index is -0.192. The molecule has 1 heterocycles. The van der Waals surface area contributed by atoms with Gasteiger partial charge in [-0.25, -0.2) is 9.55 Å². The van der Waals surface area contributed by atoms with Crippen molar-refractivity contribution in [2.75, 3.05) is 6.61 Å². The highest BCUT2D eigenvalue weighted by Crippen LogP contribution is 2.01. The Bertz CT molecular complexity index is 335. The molecule has 6 nitrogen and oxygen atoms in total. The van der Waals surface area contributed by atoms with Gasteiger partial charge in [0.1, 0.15) is 0 Å². The van der Waals surface area contributed by atoms with E-state index in [2.05, 4.69) is 10.2 Å². The number of aromatic amines is 1. The molecule has 0 radical (unpaired) electrons. The Labute approximate surface area is 87.2 Å². The quantitative estimate of drug-likeness (QED) is 0.435. The topological polar surface area (TPSA) is 75.4 Å². The molecule has 0 saturated heterocycles. The van der Waals surface area contributed by atoms with Gasteiger partial charge in [0.2, 0.25) is 6.33 Å². The normalized spacial score (nSPS) is 9.93. The molecule has 82 valence electrons. The average Bonchev–Trinajstić information content (AvgIpc) is 2.66. The van der Waals surface area contributed by atoms with E-state index in [1.54, 1.807) is 24.0 Å². The van der Waals surface area contributed by atoms with Gasteiger partial charge in [0.05, 0.1) is 13.2 Å². The third kappa shape index (κ3) is 3.88. The molecule has 0 amide bonds. The first kappa shape index (κ1) is 11.4. The first-order valence-electron chi connectivity index (χ1n) is 4.82. The Balaban J connectivity index is 2.25. The summed E-state index contributed by atoms with van der Waals surface area (Å²) >= 11 is 0. The summed E-state index contributed by atoms with van der Waals surface area (Å²) in [6, 6.07) is 0. The molecule has 0 fully saturated rings. The maximum atomic E-state index is 11.0. The van der Waals surface area contributed by atoms with Gasteiger partial charge in [-0.3, -0.25) is 4.79 Å². The number of nitrogens with one attached hydrogen (secondary N) is 1. The van der Waals surface area contributed by atoms with Crippen LogP contribution in [-0.4, -0.2) is 17.6 Å². The highest BCUT2D eigenvalue weighted by molar-refractivity contribution is 5.69. The Hall–Kier alpha value is -1.72. The molecular formula is C9H14N3O3+. The van der Waals surface area contributed by atoms with Gasteiger partial charge in [0.25, 0.3) is 5.82 Å². The van der Waals surface area contributed by atoms with Crippen LogP contribution in [0, 0.1) is 4.91 Å². The lowest BCUT2D eigenvalue weighted by atomic mass is 10.3. The molecule has 0 aromatic carbocycles. The van der Waals surface area contributed by atoms with Gasteiger partial charge in [-0.05, 0) is 13.3 Å². The van der Waals surface area contributed by atoms with Crippen molar-refractivity contribution in [3.63, 3.8) is 0 Å². The first-order chi connectivity index (χ1) is 7.26. The predicted molar refractivity (Wildman–Crippen MR) is 52.3 cm³/mol. The largest absolute Gasteiger partial charge is 0.466 e. The number of rotatable bonds is 6. The lowest BCUT2D eigenvalue weighted by molar-refractivity contribution is -0.695. The number of nitroso groups, excluding NO2 is 1. The van der Waals surface area contributed by atoms with Gasteiger partial charge in [-0.15, -0.1) is 4.91 Å². The molecule has 0 saturated carbocycles. The molecule has 1 rings (SSSR count). The molecule has 0 spiro atoms. The number of carbonyl (C=O) groups excluding carboxylic acids is 1. The lowest BCUT2D eigenvalue weighted by Gasteiger charge is -1.99. The minimum absolute atomic E-state index is 0.192. The van der Waals surface area contributed by atoms with Crippen LogP contribution in [0.4, 0.5) is 5.82 Å². The van der Waals surface area contributed by atoms with E-state index < -0.39 is 0 Å². The number of aryl methyl sites for hydroxylation is 1. The van der Waals surface area contributed by atoms with Gasteiger partial charge >= 0.3 is 5.97 Å². The van der Waals surface area contributed by atoms with Crippen LogP contribution in [0.5, 0.6) is 0 Å². The number of aromatic nitrogens is 2. The molecule has 6 heteroatoms. The fraction of sp³-hybridized carbons (Fsp3) is 0.556. The Morgan fingerprint density at radius 3 is 3.07 bits per heavy atom. The van der Waals surface area contributed by atoms with E-state index in [-0.39, 0.29) is 11.8 Å². The molecule has 0 aliphatic carbocycles. The van der Waals surface area contributed by atoms with Crippen molar-refractivity contribution in [2.45, 2.75) is 26.3 Å². The van der Waals surface area contributed by atoms with Gasteiger partial charge in [-0.1, -0.05) is 0 Å². The van der Waals surface area contributed by atoms with Crippen molar-refractivity contribution >= 4 is 11.8 Å². The van der Waals surface area contributed by atoms with Crippen LogP contribution in [0.25, 0.3) is 0 Å². The predicted octanol–water partition coefficient (Wildman–Crippen LogP) is 1.04. The summed E-state index contributed by atoms with van der Waals surface area (Å²) in [5.74, 6) is 0.0912. The molecule has 0 bridgehead atoms. The fourth-order valence-electron chi connectivity index (χ4n) is 1.20. The second-order valence-electron chi connectivity index (χ2n) is 3.03. The SMILES string of the molecule is CCOC(=O)CCC[n+]1c[nH]c(N=O)c1. The van der Waals surface area contributed by atoms with Crippen molar-refractivity contribution in [2.24, 2.45) is 5.18 Å². The molecule has 1 N–H and O–H groups in total. The highest BCUT2D eigenvalue weighted by Gasteiger charge is 2.06. The number of hydrogen-bond donors (Lipinski definition) is 1. The van der Waals surface area contributed by atoms with Crippen molar-refractivity contribution in [3.8, 4) is 0 Å². The van der Waals surface area contributed by atoms with Crippen molar-refractivity contribution in [1.82, 2.24) is 4.98 Å². The number of carbonyl (C=O) groups is 1. The zero-order valence-corrected chi connectivity index (χ0v) is 8.60. The third-order valence-corrected chi connectivity index (χ3v) is 1.87. The van der Waals surface area contributed by atoms with Crippen molar-refractivity contribution < 1.29 is 14.1 Å². The number of nitrogens with zero attached hydrogens (tertiary/aromatic N) is 2. The number of H-pyrrole nitrogens is 1. The van der Waals surface area contributed by atoms with Gasteiger partial charge in [0, 0.05) is 11.6 Å². The van der Waals surface area contributed by atoms with Crippen LogP contribution in [-0.2, 0) is 16.1 Å². The molecule has 0 atom stereocenters. The Morgan fingerprint density at radius 1 is 1.67 bits per heavy atom. The fourth-order valence-corrected chi connectivity index (χ4v) is 1.20. The van der Waals surface area contributed by atoms with Crippen molar-refractivity contribution in [1.29, 1.82) is 0 Å². The number of esters is 1. The summed E-state index contributed by atoms with van der Waals surface area (Å²) in [6.07, 6.45) is 4.30. The van der Waals surface area contributed by atoms with Crippen LogP contribution < -0.4 is 4.57 Å². The van der Waals surface area contributed by atoms with Gasteiger partial charge in [-0.2, -0.15) is 0 Å². The summed E-state index contributed by atoms with van der Waals surface area (Å²) in [6.45, 7) is 2.85. The third-order valence-electron chi connectivity index (χ3n) is 1.87. The van der Waals surface area contributed by atoms with E-state index in [0.717, 1.165) is 0 Å². The molecule has 1 aromatic rings. The molecule has 1 aromatic heterocycles. The van der Waals surface area contributed by atoms with E-state index >= 15 is 0 Å². The van der Waals surface area contributed by atoms with Crippen LogP contribution in [0.15, 0.2) is 17.7 Å². The Kier molecular flexibility index (Phi) is 4.46. The number of ether oxygens (including phenoxy) is 1. The maximum absolute atomic E-state index is 11.0. The zero-order chi connectivity index (χ0) is 11.1. The van der Waals surface area contributed by atoms with Crippen LogP contribution in [0.3, 0.4) is 0 Å². The standard InChI is InChI=1S/C9H13N3O3/c1-2-15-9(13)4-3-5-12-6-8(11-14)10-7-12/h6-7H,2-5H2,1H3/p+1. The second kappa shape index (κ2) is 5.90. The van der Waals surface area contributed by atoms with E-state index in [4.69, 9.17) is 4.74 Å². The lowest BCUT2D eigenvalue weighted by Crippen LogP contribution is -2.30. The molecule has 0 aliphatic heterocycles. The molecular weight excluding hydrogens is 198 g/mol. The van der Waals surface area contributed by atoms with E-state index in [0.29, 0.717) is 26.0 Å². The monoisotopic (exact) mass is 212 g/mol.